The molecular formula is C12H25N3O. The number of hydrogen-bond donors (Lipinski definition) is 2. The predicted octanol–water partition coefficient (Wildman–Crippen LogP) is 1.43. The van der Waals surface area contributed by atoms with Gasteiger partial charge in [-0.1, -0.05) is 13.8 Å². The van der Waals surface area contributed by atoms with E-state index in [1.54, 1.807) is 0 Å². The molecule has 1 fully saturated rings. The molecule has 16 heavy (non-hydrogen) atoms. The minimum Gasteiger partial charge on any atom is -0.336 e. The third-order valence-electron chi connectivity index (χ3n) is 2.87. The quantitative estimate of drug-likeness (QED) is 0.646. The molecule has 0 aliphatic carbocycles. The standard InChI is InChI=1S/C12H25N3O/c1-10(2)9-11(3)13-5-4-7-15-8-6-14-12(15)16/h10-11,13H,4-9H2,1-3H3,(H,14,16). The second kappa shape index (κ2) is 6.74. The topological polar surface area (TPSA) is 44.4 Å². The van der Waals surface area contributed by atoms with E-state index in [4.69, 9.17) is 0 Å². The van der Waals surface area contributed by atoms with Crippen molar-refractivity contribution in [3.05, 3.63) is 0 Å². The fourth-order valence-electron chi connectivity index (χ4n) is 2.13. The lowest BCUT2D eigenvalue weighted by Crippen LogP contribution is -2.33. The van der Waals surface area contributed by atoms with Gasteiger partial charge in [-0.3, -0.25) is 0 Å². The van der Waals surface area contributed by atoms with Crippen LogP contribution < -0.4 is 10.6 Å². The van der Waals surface area contributed by atoms with Gasteiger partial charge >= 0.3 is 6.03 Å². The molecule has 0 aromatic heterocycles. The summed E-state index contributed by atoms with van der Waals surface area (Å²) in [4.78, 5) is 13.1. The molecule has 1 atom stereocenters. The van der Waals surface area contributed by atoms with Crippen LogP contribution in [0, 0.1) is 5.92 Å². The summed E-state index contributed by atoms with van der Waals surface area (Å²) in [6.07, 6.45) is 2.25. The summed E-state index contributed by atoms with van der Waals surface area (Å²) in [6.45, 7) is 10.2. The summed E-state index contributed by atoms with van der Waals surface area (Å²) >= 11 is 0. The van der Waals surface area contributed by atoms with Gasteiger partial charge in [0, 0.05) is 25.7 Å². The van der Waals surface area contributed by atoms with Crippen molar-refractivity contribution in [3.63, 3.8) is 0 Å². The minimum atomic E-state index is 0.0928. The van der Waals surface area contributed by atoms with E-state index < -0.39 is 0 Å². The number of carbonyl (C=O) groups is 1. The Balaban J connectivity index is 2.01. The summed E-state index contributed by atoms with van der Waals surface area (Å²) < 4.78 is 0. The normalized spacial score (nSPS) is 18.0. The maximum atomic E-state index is 11.2. The lowest BCUT2D eigenvalue weighted by atomic mass is 10.1. The van der Waals surface area contributed by atoms with Crippen molar-refractivity contribution in [1.29, 1.82) is 0 Å². The first-order valence-corrected chi connectivity index (χ1v) is 6.35. The highest BCUT2D eigenvalue weighted by Gasteiger charge is 2.18. The van der Waals surface area contributed by atoms with E-state index >= 15 is 0 Å². The molecule has 94 valence electrons. The molecule has 1 aliphatic heterocycles. The van der Waals surface area contributed by atoms with Crippen LogP contribution in [-0.2, 0) is 0 Å². The van der Waals surface area contributed by atoms with Crippen LogP contribution in [0.15, 0.2) is 0 Å². The molecule has 2 N–H and O–H groups in total. The van der Waals surface area contributed by atoms with Crippen molar-refractivity contribution in [3.8, 4) is 0 Å². The highest BCUT2D eigenvalue weighted by molar-refractivity contribution is 5.76. The van der Waals surface area contributed by atoms with Crippen molar-refractivity contribution >= 4 is 6.03 Å². The van der Waals surface area contributed by atoms with Crippen LogP contribution in [0.3, 0.4) is 0 Å². The van der Waals surface area contributed by atoms with E-state index in [1.165, 1.54) is 6.42 Å². The van der Waals surface area contributed by atoms with Crippen molar-refractivity contribution in [1.82, 2.24) is 15.5 Å². The van der Waals surface area contributed by atoms with Gasteiger partial charge < -0.3 is 15.5 Å². The van der Waals surface area contributed by atoms with Crippen LogP contribution in [0.5, 0.6) is 0 Å². The number of hydrogen-bond acceptors (Lipinski definition) is 2. The molecule has 1 unspecified atom stereocenters. The minimum absolute atomic E-state index is 0.0928. The van der Waals surface area contributed by atoms with Crippen LogP contribution in [0.4, 0.5) is 4.79 Å². The first-order valence-electron chi connectivity index (χ1n) is 6.35. The van der Waals surface area contributed by atoms with Crippen molar-refractivity contribution in [2.75, 3.05) is 26.2 Å². The highest BCUT2D eigenvalue weighted by Crippen LogP contribution is 2.04. The first-order chi connectivity index (χ1) is 7.59. The Morgan fingerprint density at radius 3 is 2.75 bits per heavy atom. The zero-order valence-electron chi connectivity index (χ0n) is 10.8. The van der Waals surface area contributed by atoms with Crippen molar-refractivity contribution in [2.24, 2.45) is 5.92 Å². The van der Waals surface area contributed by atoms with Gasteiger partial charge in [0.15, 0.2) is 0 Å². The monoisotopic (exact) mass is 227 g/mol. The molecule has 0 bridgehead atoms. The van der Waals surface area contributed by atoms with Gasteiger partial charge in [0.05, 0.1) is 0 Å². The van der Waals surface area contributed by atoms with E-state index in [0.29, 0.717) is 6.04 Å². The molecule has 1 saturated heterocycles. The second-order valence-electron chi connectivity index (χ2n) is 5.06. The molecule has 0 radical (unpaired) electrons. The van der Waals surface area contributed by atoms with E-state index in [1.807, 2.05) is 4.90 Å². The number of rotatable bonds is 7. The summed E-state index contributed by atoms with van der Waals surface area (Å²) in [6, 6.07) is 0.669. The third kappa shape index (κ3) is 4.84. The average Bonchev–Trinajstić information content (AvgIpc) is 2.58. The maximum Gasteiger partial charge on any atom is 0.317 e. The van der Waals surface area contributed by atoms with Gasteiger partial charge in [-0.15, -0.1) is 0 Å². The molecule has 0 aromatic rings. The molecule has 0 aromatic carbocycles. The van der Waals surface area contributed by atoms with Gasteiger partial charge in [-0.25, -0.2) is 4.79 Å². The Hall–Kier alpha value is -0.770. The van der Waals surface area contributed by atoms with Crippen LogP contribution in [0.1, 0.15) is 33.6 Å². The number of nitrogens with one attached hydrogen (secondary N) is 2. The van der Waals surface area contributed by atoms with E-state index in [2.05, 4.69) is 31.4 Å². The Labute approximate surface area is 98.8 Å². The van der Waals surface area contributed by atoms with Gasteiger partial charge in [-0.05, 0) is 32.2 Å². The molecular weight excluding hydrogens is 202 g/mol. The Morgan fingerprint density at radius 1 is 1.44 bits per heavy atom. The first kappa shape index (κ1) is 13.3. The molecule has 1 aliphatic rings. The maximum absolute atomic E-state index is 11.2. The number of urea groups is 1. The van der Waals surface area contributed by atoms with Crippen LogP contribution in [0.2, 0.25) is 0 Å². The van der Waals surface area contributed by atoms with Gasteiger partial charge in [0.2, 0.25) is 0 Å². The summed E-state index contributed by atoms with van der Waals surface area (Å²) in [5.74, 6) is 0.742. The van der Waals surface area contributed by atoms with E-state index in [0.717, 1.165) is 38.5 Å². The molecule has 2 amide bonds. The SMILES string of the molecule is CC(C)CC(C)NCCCN1CCNC1=O. The molecule has 4 nitrogen and oxygen atoms in total. The highest BCUT2D eigenvalue weighted by atomic mass is 16.2. The van der Waals surface area contributed by atoms with Gasteiger partial charge in [-0.2, -0.15) is 0 Å². The van der Waals surface area contributed by atoms with E-state index in [9.17, 15) is 4.79 Å². The second-order valence-corrected chi connectivity index (χ2v) is 5.06. The van der Waals surface area contributed by atoms with Crippen molar-refractivity contribution < 1.29 is 4.79 Å². The van der Waals surface area contributed by atoms with Crippen molar-refractivity contribution in [2.45, 2.75) is 39.7 Å². The van der Waals surface area contributed by atoms with E-state index in [-0.39, 0.29) is 6.03 Å². The Morgan fingerprint density at radius 2 is 2.19 bits per heavy atom. The predicted molar refractivity (Wildman–Crippen MR) is 66.5 cm³/mol. The smallest absolute Gasteiger partial charge is 0.317 e. The molecule has 4 heteroatoms. The van der Waals surface area contributed by atoms with Crippen LogP contribution in [0.25, 0.3) is 0 Å². The fourth-order valence-corrected chi connectivity index (χ4v) is 2.13. The average molecular weight is 227 g/mol. The summed E-state index contributed by atoms with van der Waals surface area (Å²) in [5.41, 5.74) is 0. The lowest BCUT2D eigenvalue weighted by Gasteiger charge is -2.17. The lowest BCUT2D eigenvalue weighted by molar-refractivity contribution is 0.216. The molecule has 1 heterocycles. The Bertz CT molecular complexity index is 218. The molecule has 0 saturated carbocycles. The van der Waals surface area contributed by atoms with Crippen LogP contribution in [-0.4, -0.2) is 43.2 Å². The third-order valence-corrected chi connectivity index (χ3v) is 2.87. The molecule has 0 spiro atoms. The number of nitrogens with zero attached hydrogens (tertiary/aromatic N) is 1. The van der Waals surface area contributed by atoms with Gasteiger partial charge in [0.1, 0.15) is 0 Å². The molecule has 1 rings (SSSR count). The number of carbonyl (C=O) groups excluding carboxylic acids is 1. The fraction of sp³-hybridized carbons (Fsp3) is 0.917. The zero-order chi connectivity index (χ0) is 12.0. The van der Waals surface area contributed by atoms with Crippen LogP contribution >= 0.6 is 0 Å². The largest absolute Gasteiger partial charge is 0.336 e. The summed E-state index contributed by atoms with van der Waals surface area (Å²) in [7, 11) is 0. The zero-order valence-corrected chi connectivity index (χ0v) is 10.8. The number of amides is 2. The summed E-state index contributed by atoms with van der Waals surface area (Å²) in [5, 5.41) is 6.31. The van der Waals surface area contributed by atoms with Gasteiger partial charge in [0.25, 0.3) is 0 Å². The Kier molecular flexibility index (Phi) is 5.60.